The van der Waals surface area contributed by atoms with Gasteiger partial charge in [-0.2, -0.15) is 0 Å². The molecule has 0 aliphatic carbocycles. The number of anilines is 1. The van der Waals surface area contributed by atoms with Gasteiger partial charge >= 0.3 is 0 Å². The van der Waals surface area contributed by atoms with E-state index in [-0.39, 0.29) is 17.9 Å². The van der Waals surface area contributed by atoms with Crippen molar-refractivity contribution in [2.24, 2.45) is 0 Å². The number of imidazole rings is 1. The van der Waals surface area contributed by atoms with Gasteiger partial charge in [0.2, 0.25) is 11.9 Å². The molecule has 1 unspecified atom stereocenters. The quantitative estimate of drug-likeness (QED) is 0.778. The van der Waals surface area contributed by atoms with Crippen LogP contribution in [-0.4, -0.2) is 32.0 Å². The standard InChI is InChI=1S/C13H16N6O/c1-10(19-5-4-15-9-19)6-16-12(20)3-2-11-7-17-13(14)18-8-11/h2-5,7-10H,6H2,1H3,(H,16,20)(H2,14,17,18)/b3-2+. The lowest BCUT2D eigenvalue weighted by atomic mass is 10.3. The molecule has 7 nitrogen and oxygen atoms in total. The summed E-state index contributed by atoms with van der Waals surface area (Å²) in [6, 6.07) is 0.148. The minimum Gasteiger partial charge on any atom is -0.368 e. The predicted octanol–water partition coefficient (Wildman–Crippen LogP) is 0.646. The second-order valence-corrected chi connectivity index (χ2v) is 4.31. The highest BCUT2D eigenvalue weighted by molar-refractivity contribution is 5.91. The third-order valence-electron chi connectivity index (χ3n) is 2.72. The van der Waals surface area contributed by atoms with Gasteiger partial charge in [0.15, 0.2) is 0 Å². The first kappa shape index (κ1) is 13.7. The number of carbonyl (C=O) groups is 1. The number of aromatic nitrogens is 4. The van der Waals surface area contributed by atoms with E-state index in [1.165, 1.54) is 6.08 Å². The molecule has 2 aromatic rings. The van der Waals surface area contributed by atoms with Gasteiger partial charge in [0.05, 0.1) is 6.33 Å². The molecule has 0 saturated heterocycles. The molecule has 0 radical (unpaired) electrons. The molecule has 0 aliphatic heterocycles. The summed E-state index contributed by atoms with van der Waals surface area (Å²) in [6.07, 6.45) is 11.5. The van der Waals surface area contributed by atoms with Crippen LogP contribution in [0.5, 0.6) is 0 Å². The minimum atomic E-state index is -0.172. The maximum atomic E-state index is 11.7. The van der Waals surface area contributed by atoms with Crippen LogP contribution in [0.25, 0.3) is 6.08 Å². The second-order valence-electron chi connectivity index (χ2n) is 4.31. The summed E-state index contributed by atoms with van der Waals surface area (Å²) < 4.78 is 1.93. The Morgan fingerprint density at radius 2 is 2.25 bits per heavy atom. The molecule has 1 atom stereocenters. The van der Waals surface area contributed by atoms with Crippen LogP contribution in [0.3, 0.4) is 0 Å². The number of nitrogens with zero attached hydrogens (tertiary/aromatic N) is 4. The average molecular weight is 272 g/mol. The summed E-state index contributed by atoms with van der Waals surface area (Å²) in [7, 11) is 0. The van der Waals surface area contributed by atoms with Crippen molar-refractivity contribution in [1.29, 1.82) is 0 Å². The summed E-state index contributed by atoms with van der Waals surface area (Å²) in [6.45, 7) is 2.53. The SMILES string of the molecule is CC(CNC(=O)/C=C/c1cnc(N)nc1)n1ccnc1. The molecule has 0 aromatic carbocycles. The van der Waals surface area contributed by atoms with Crippen LogP contribution in [0.1, 0.15) is 18.5 Å². The van der Waals surface area contributed by atoms with E-state index in [9.17, 15) is 4.79 Å². The van der Waals surface area contributed by atoms with Crippen molar-refractivity contribution >= 4 is 17.9 Å². The summed E-state index contributed by atoms with van der Waals surface area (Å²) >= 11 is 0. The number of hydrogen-bond donors (Lipinski definition) is 2. The minimum absolute atomic E-state index is 0.148. The molecule has 104 valence electrons. The van der Waals surface area contributed by atoms with E-state index in [4.69, 9.17) is 5.73 Å². The van der Waals surface area contributed by atoms with Crippen molar-refractivity contribution < 1.29 is 4.79 Å². The number of nitrogens with one attached hydrogen (secondary N) is 1. The van der Waals surface area contributed by atoms with E-state index in [0.29, 0.717) is 6.54 Å². The molecule has 3 N–H and O–H groups in total. The normalized spacial score (nSPS) is 12.4. The lowest BCUT2D eigenvalue weighted by Crippen LogP contribution is -2.27. The first-order chi connectivity index (χ1) is 9.65. The van der Waals surface area contributed by atoms with Crippen molar-refractivity contribution in [2.45, 2.75) is 13.0 Å². The Hall–Kier alpha value is -2.70. The van der Waals surface area contributed by atoms with E-state index < -0.39 is 0 Å². The second kappa shape index (κ2) is 6.46. The Bertz CT molecular complexity index is 575. The van der Waals surface area contributed by atoms with E-state index in [1.807, 2.05) is 17.7 Å². The fourth-order valence-electron chi connectivity index (χ4n) is 1.55. The van der Waals surface area contributed by atoms with Gasteiger partial charge in [-0.25, -0.2) is 15.0 Å². The van der Waals surface area contributed by atoms with Gasteiger partial charge in [-0.05, 0) is 13.0 Å². The summed E-state index contributed by atoms with van der Waals surface area (Å²) in [5, 5.41) is 2.81. The number of rotatable bonds is 5. The molecule has 2 heterocycles. The van der Waals surface area contributed by atoms with Crippen molar-refractivity contribution in [3.05, 3.63) is 42.8 Å². The molecule has 20 heavy (non-hydrogen) atoms. The Morgan fingerprint density at radius 1 is 1.50 bits per heavy atom. The van der Waals surface area contributed by atoms with Crippen molar-refractivity contribution in [3.63, 3.8) is 0 Å². The molecule has 2 rings (SSSR count). The summed E-state index contributed by atoms with van der Waals surface area (Å²) in [4.78, 5) is 23.3. The zero-order valence-corrected chi connectivity index (χ0v) is 11.1. The van der Waals surface area contributed by atoms with Gasteiger partial charge in [0, 0.05) is 49.0 Å². The lowest BCUT2D eigenvalue weighted by Gasteiger charge is -2.12. The maximum Gasteiger partial charge on any atom is 0.244 e. The molecule has 0 fully saturated rings. The number of nitrogens with two attached hydrogens (primary N) is 1. The van der Waals surface area contributed by atoms with Crippen LogP contribution in [0.15, 0.2) is 37.2 Å². The molecule has 2 aromatic heterocycles. The Morgan fingerprint density at radius 3 is 2.90 bits per heavy atom. The van der Waals surface area contributed by atoms with Gasteiger partial charge in [0.1, 0.15) is 0 Å². The molecular formula is C13H16N6O. The van der Waals surface area contributed by atoms with Crippen LogP contribution in [-0.2, 0) is 4.79 Å². The van der Waals surface area contributed by atoms with Crippen LogP contribution >= 0.6 is 0 Å². The predicted molar refractivity (Wildman–Crippen MR) is 75.4 cm³/mol. The number of amides is 1. The number of carbonyl (C=O) groups excluding carboxylic acids is 1. The lowest BCUT2D eigenvalue weighted by molar-refractivity contribution is -0.116. The highest BCUT2D eigenvalue weighted by Crippen LogP contribution is 2.02. The molecule has 0 aliphatic rings. The first-order valence-electron chi connectivity index (χ1n) is 6.16. The molecule has 0 bridgehead atoms. The Kier molecular flexibility index (Phi) is 4.43. The summed E-state index contributed by atoms with van der Waals surface area (Å²) in [5.74, 6) is 0.0366. The van der Waals surface area contributed by atoms with E-state index in [1.54, 1.807) is 31.0 Å². The van der Waals surface area contributed by atoms with Crippen molar-refractivity contribution in [3.8, 4) is 0 Å². The average Bonchev–Trinajstić information content (AvgIpc) is 2.98. The molecule has 0 saturated carbocycles. The zero-order chi connectivity index (χ0) is 14.4. The smallest absolute Gasteiger partial charge is 0.244 e. The molecule has 7 heteroatoms. The maximum absolute atomic E-state index is 11.7. The Balaban J connectivity index is 1.82. The van der Waals surface area contributed by atoms with E-state index in [0.717, 1.165) is 5.56 Å². The van der Waals surface area contributed by atoms with E-state index >= 15 is 0 Å². The van der Waals surface area contributed by atoms with Gasteiger partial charge < -0.3 is 15.6 Å². The van der Waals surface area contributed by atoms with Crippen LogP contribution in [0, 0.1) is 0 Å². The first-order valence-corrected chi connectivity index (χ1v) is 6.16. The third-order valence-corrected chi connectivity index (χ3v) is 2.72. The molecule has 1 amide bonds. The fraction of sp³-hybridized carbons (Fsp3) is 0.231. The fourth-order valence-corrected chi connectivity index (χ4v) is 1.55. The highest BCUT2D eigenvalue weighted by atomic mass is 16.1. The van der Waals surface area contributed by atoms with Crippen LogP contribution in [0.2, 0.25) is 0 Å². The van der Waals surface area contributed by atoms with Crippen LogP contribution < -0.4 is 11.1 Å². The molecule has 0 spiro atoms. The van der Waals surface area contributed by atoms with E-state index in [2.05, 4.69) is 20.3 Å². The van der Waals surface area contributed by atoms with Gasteiger partial charge in [-0.15, -0.1) is 0 Å². The molecular weight excluding hydrogens is 256 g/mol. The number of nitrogen functional groups attached to an aromatic ring is 1. The van der Waals surface area contributed by atoms with Gasteiger partial charge in [-0.3, -0.25) is 4.79 Å². The monoisotopic (exact) mass is 272 g/mol. The summed E-state index contributed by atoms with van der Waals surface area (Å²) in [5.41, 5.74) is 6.10. The largest absolute Gasteiger partial charge is 0.368 e. The van der Waals surface area contributed by atoms with Gasteiger partial charge in [0.25, 0.3) is 0 Å². The van der Waals surface area contributed by atoms with Crippen molar-refractivity contribution in [1.82, 2.24) is 24.8 Å². The third kappa shape index (κ3) is 3.91. The topological polar surface area (TPSA) is 98.7 Å². The Labute approximate surface area is 116 Å². The van der Waals surface area contributed by atoms with Crippen molar-refractivity contribution in [2.75, 3.05) is 12.3 Å². The zero-order valence-electron chi connectivity index (χ0n) is 11.1. The van der Waals surface area contributed by atoms with Gasteiger partial charge in [-0.1, -0.05) is 0 Å². The van der Waals surface area contributed by atoms with Crippen LogP contribution in [0.4, 0.5) is 5.95 Å². The highest BCUT2D eigenvalue weighted by Gasteiger charge is 2.04. The number of hydrogen-bond acceptors (Lipinski definition) is 5.